The van der Waals surface area contributed by atoms with Crippen molar-refractivity contribution in [1.82, 2.24) is 14.7 Å². The molecule has 1 aliphatic rings. The molecule has 3 rings (SSSR count). The van der Waals surface area contributed by atoms with E-state index in [4.69, 9.17) is 0 Å². The molecule has 1 saturated heterocycles. The largest absolute Gasteiger partial charge is 0.304 e. The average molecular weight is 229 g/mol. The molecular formula is C14H19N3. The molecule has 1 aromatic carbocycles. The Labute approximate surface area is 102 Å². The van der Waals surface area contributed by atoms with Gasteiger partial charge in [-0.1, -0.05) is 19.1 Å². The minimum absolute atomic E-state index is 0.546. The van der Waals surface area contributed by atoms with Gasteiger partial charge in [0.25, 0.3) is 0 Å². The van der Waals surface area contributed by atoms with Gasteiger partial charge in [0.05, 0.1) is 17.8 Å². The number of benzene rings is 1. The number of rotatable bonds is 2. The second kappa shape index (κ2) is 4.15. The van der Waals surface area contributed by atoms with Crippen LogP contribution in [0.4, 0.5) is 0 Å². The Morgan fingerprint density at radius 1 is 1.41 bits per heavy atom. The summed E-state index contributed by atoms with van der Waals surface area (Å²) in [6.45, 7) is 4.50. The van der Waals surface area contributed by atoms with Crippen LogP contribution in [0.5, 0.6) is 0 Å². The van der Waals surface area contributed by atoms with Gasteiger partial charge in [0.1, 0.15) is 0 Å². The Morgan fingerprint density at radius 2 is 2.29 bits per heavy atom. The van der Waals surface area contributed by atoms with Crippen molar-refractivity contribution in [2.24, 2.45) is 0 Å². The molecule has 0 saturated carbocycles. The smallest absolute Gasteiger partial charge is 0.0689 e. The van der Waals surface area contributed by atoms with Crippen molar-refractivity contribution in [3.63, 3.8) is 0 Å². The molecule has 1 aliphatic heterocycles. The summed E-state index contributed by atoms with van der Waals surface area (Å²) in [5.41, 5.74) is 2.69. The molecule has 0 N–H and O–H groups in total. The summed E-state index contributed by atoms with van der Waals surface area (Å²) < 4.78 is 2.22. The highest BCUT2D eigenvalue weighted by Gasteiger charge is 2.22. The summed E-state index contributed by atoms with van der Waals surface area (Å²) in [5.74, 6) is 0. The maximum atomic E-state index is 4.58. The van der Waals surface area contributed by atoms with Crippen LogP contribution < -0.4 is 0 Å². The van der Waals surface area contributed by atoms with Crippen LogP contribution in [0.15, 0.2) is 24.4 Å². The zero-order valence-electron chi connectivity index (χ0n) is 10.6. The van der Waals surface area contributed by atoms with Crippen molar-refractivity contribution in [2.45, 2.75) is 25.8 Å². The van der Waals surface area contributed by atoms with Gasteiger partial charge in [-0.05, 0) is 38.1 Å². The molecule has 3 heteroatoms. The second-order valence-electron chi connectivity index (χ2n) is 5.04. The van der Waals surface area contributed by atoms with E-state index in [2.05, 4.69) is 46.9 Å². The summed E-state index contributed by atoms with van der Waals surface area (Å²) in [6.07, 6.45) is 4.29. The number of nitrogens with zero attached hydrogens (tertiary/aromatic N) is 3. The SMILES string of the molecule is CCc1ccc2cnn(C3CCN(C)C3)c2c1. The number of aromatic nitrogens is 2. The van der Waals surface area contributed by atoms with Gasteiger partial charge in [0.2, 0.25) is 0 Å². The summed E-state index contributed by atoms with van der Waals surface area (Å²) in [7, 11) is 2.18. The normalized spacial score (nSPS) is 21.4. The third kappa shape index (κ3) is 1.84. The Morgan fingerprint density at radius 3 is 3.00 bits per heavy atom. The lowest BCUT2D eigenvalue weighted by Crippen LogP contribution is -2.17. The highest BCUT2D eigenvalue weighted by atomic mass is 15.3. The molecule has 17 heavy (non-hydrogen) atoms. The number of fused-ring (bicyclic) bond motifs is 1. The van der Waals surface area contributed by atoms with Crippen molar-refractivity contribution in [3.05, 3.63) is 30.0 Å². The van der Waals surface area contributed by atoms with E-state index in [0.29, 0.717) is 6.04 Å². The van der Waals surface area contributed by atoms with Crippen LogP contribution in [0.3, 0.4) is 0 Å². The Balaban J connectivity index is 2.04. The van der Waals surface area contributed by atoms with Gasteiger partial charge in [-0.2, -0.15) is 5.10 Å². The van der Waals surface area contributed by atoms with Gasteiger partial charge in [0, 0.05) is 11.9 Å². The third-order valence-corrected chi connectivity index (χ3v) is 3.78. The van der Waals surface area contributed by atoms with Crippen LogP contribution in [-0.4, -0.2) is 34.8 Å². The minimum atomic E-state index is 0.546. The van der Waals surface area contributed by atoms with Gasteiger partial charge in [-0.3, -0.25) is 4.68 Å². The van der Waals surface area contributed by atoms with E-state index in [9.17, 15) is 0 Å². The second-order valence-corrected chi connectivity index (χ2v) is 5.04. The quantitative estimate of drug-likeness (QED) is 0.789. The number of likely N-dealkylation sites (tertiary alicyclic amines) is 1. The van der Waals surface area contributed by atoms with E-state index >= 15 is 0 Å². The molecule has 1 unspecified atom stereocenters. The Bertz CT molecular complexity index is 529. The molecule has 1 aromatic heterocycles. The van der Waals surface area contributed by atoms with Gasteiger partial charge in [0.15, 0.2) is 0 Å². The van der Waals surface area contributed by atoms with Crippen molar-refractivity contribution >= 4 is 10.9 Å². The van der Waals surface area contributed by atoms with E-state index in [1.807, 2.05) is 6.20 Å². The lowest BCUT2D eigenvalue weighted by Gasteiger charge is -2.12. The summed E-state index contributed by atoms with van der Waals surface area (Å²) in [6, 6.07) is 7.23. The fraction of sp³-hybridized carbons (Fsp3) is 0.500. The number of hydrogen-bond acceptors (Lipinski definition) is 2. The first-order valence-corrected chi connectivity index (χ1v) is 6.42. The van der Waals surface area contributed by atoms with Crippen LogP contribution in [0.1, 0.15) is 24.9 Å². The molecule has 90 valence electrons. The first-order chi connectivity index (χ1) is 8.28. The molecule has 2 heterocycles. The van der Waals surface area contributed by atoms with E-state index in [-0.39, 0.29) is 0 Å². The molecular weight excluding hydrogens is 210 g/mol. The van der Waals surface area contributed by atoms with Crippen LogP contribution in [0.2, 0.25) is 0 Å². The maximum Gasteiger partial charge on any atom is 0.0689 e. The average Bonchev–Trinajstić information content (AvgIpc) is 2.93. The van der Waals surface area contributed by atoms with E-state index in [0.717, 1.165) is 13.0 Å². The minimum Gasteiger partial charge on any atom is -0.304 e. The molecule has 0 bridgehead atoms. The highest BCUT2D eigenvalue weighted by molar-refractivity contribution is 5.79. The molecule has 1 fully saturated rings. The Kier molecular flexibility index (Phi) is 2.63. The van der Waals surface area contributed by atoms with Crippen molar-refractivity contribution in [3.8, 4) is 0 Å². The lowest BCUT2D eigenvalue weighted by atomic mass is 10.1. The third-order valence-electron chi connectivity index (χ3n) is 3.78. The molecule has 2 aromatic rings. The number of aryl methyl sites for hydroxylation is 1. The van der Waals surface area contributed by atoms with Crippen LogP contribution in [0, 0.1) is 0 Å². The van der Waals surface area contributed by atoms with E-state index < -0.39 is 0 Å². The standard InChI is InChI=1S/C14H19N3/c1-3-11-4-5-12-9-15-17(14(12)8-11)13-6-7-16(2)10-13/h4-5,8-9,13H,3,6-7,10H2,1-2H3. The maximum absolute atomic E-state index is 4.58. The molecule has 3 nitrogen and oxygen atoms in total. The Hall–Kier alpha value is -1.35. The molecule has 0 spiro atoms. The van der Waals surface area contributed by atoms with Crippen molar-refractivity contribution in [1.29, 1.82) is 0 Å². The predicted octanol–water partition coefficient (Wildman–Crippen LogP) is 2.48. The fourth-order valence-electron chi connectivity index (χ4n) is 2.71. The van der Waals surface area contributed by atoms with Crippen LogP contribution in [0.25, 0.3) is 10.9 Å². The molecule has 0 radical (unpaired) electrons. The van der Waals surface area contributed by atoms with Gasteiger partial charge in [-0.25, -0.2) is 0 Å². The topological polar surface area (TPSA) is 21.1 Å². The zero-order valence-corrected chi connectivity index (χ0v) is 10.6. The van der Waals surface area contributed by atoms with Crippen LogP contribution in [-0.2, 0) is 6.42 Å². The first-order valence-electron chi connectivity index (χ1n) is 6.42. The molecule has 1 atom stereocenters. The number of likely N-dealkylation sites (N-methyl/N-ethyl adjacent to an activating group) is 1. The molecule has 0 amide bonds. The lowest BCUT2D eigenvalue weighted by molar-refractivity contribution is 0.386. The van der Waals surface area contributed by atoms with Gasteiger partial charge >= 0.3 is 0 Å². The summed E-state index contributed by atoms with van der Waals surface area (Å²) in [5, 5.41) is 5.84. The van der Waals surface area contributed by atoms with E-state index in [1.54, 1.807) is 0 Å². The van der Waals surface area contributed by atoms with Crippen LogP contribution >= 0.6 is 0 Å². The van der Waals surface area contributed by atoms with Gasteiger partial charge in [-0.15, -0.1) is 0 Å². The summed E-state index contributed by atoms with van der Waals surface area (Å²) >= 11 is 0. The monoisotopic (exact) mass is 229 g/mol. The van der Waals surface area contributed by atoms with Crippen molar-refractivity contribution < 1.29 is 0 Å². The number of hydrogen-bond donors (Lipinski definition) is 0. The predicted molar refractivity (Wildman–Crippen MR) is 70.3 cm³/mol. The van der Waals surface area contributed by atoms with Gasteiger partial charge < -0.3 is 4.90 Å². The van der Waals surface area contributed by atoms with E-state index in [1.165, 1.54) is 29.4 Å². The fourth-order valence-corrected chi connectivity index (χ4v) is 2.71. The summed E-state index contributed by atoms with van der Waals surface area (Å²) in [4.78, 5) is 2.38. The highest BCUT2D eigenvalue weighted by Crippen LogP contribution is 2.25. The first kappa shape index (κ1) is 10.8. The zero-order chi connectivity index (χ0) is 11.8. The van der Waals surface area contributed by atoms with Crippen molar-refractivity contribution in [2.75, 3.05) is 20.1 Å². The molecule has 0 aliphatic carbocycles.